The molecule has 0 saturated heterocycles. The molecular weight excluding hydrogens is 228 g/mol. The molecule has 3 heteroatoms. The number of para-hydroxylation sites is 1. The summed E-state index contributed by atoms with van der Waals surface area (Å²) in [6.07, 6.45) is 2.16. The number of rotatable bonds is 6. The topological polar surface area (TPSA) is 46.5 Å². The van der Waals surface area contributed by atoms with Gasteiger partial charge in [-0.15, -0.1) is 0 Å². The maximum atomic E-state index is 12.3. The van der Waals surface area contributed by atoms with E-state index in [1.165, 1.54) is 0 Å². The third-order valence-electron chi connectivity index (χ3n) is 3.37. The highest BCUT2D eigenvalue weighted by molar-refractivity contribution is 5.84. The van der Waals surface area contributed by atoms with Crippen LogP contribution in [0.2, 0.25) is 0 Å². The van der Waals surface area contributed by atoms with E-state index in [0.717, 1.165) is 6.42 Å². The number of hydrogen-bond acceptors (Lipinski definition) is 3. The summed E-state index contributed by atoms with van der Waals surface area (Å²) < 4.78 is 5.21. The van der Waals surface area contributed by atoms with Gasteiger partial charge in [-0.2, -0.15) is 0 Å². The minimum Gasteiger partial charge on any atom is -0.508 e. The van der Waals surface area contributed by atoms with Crippen LogP contribution in [-0.4, -0.2) is 17.7 Å². The van der Waals surface area contributed by atoms with Gasteiger partial charge in [0.15, 0.2) is 0 Å². The second-order valence-corrected chi connectivity index (χ2v) is 4.42. The summed E-state index contributed by atoms with van der Waals surface area (Å²) in [6.45, 7) is 6.15. The zero-order chi connectivity index (χ0) is 13.6. The van der Waals surface area contributed by atoms with Crippen LogP contribution in [-0.2, 0) is 14.9 Å². The first kappa shape index (κ1) is 14.6. The number of aromatic hydroxyl groups is 1. The summed E-state index contributed by atoms with van der Waals surface area (Å²) in [6, 6.07) is 7.03. The van der Waals surface area contributed by atoms with Crippen LogP contribution in [0.15, 0.2) is 24.3 Å². The summed E-state index contributed by atoms with van der Waals surface area (Å²) in [5, 5.41) is 10.0. The third-order valence-corrected chi connectivity index (χ3v) is 3.37. The molecule has 0 spiro atoms. The quantitative estimate of drug-likeness (QED) is 0.787. The number of esters is 1. The smallest absolute Gasteiger partial charge is 0.316 e. The van der Waals surface area contributed by atoms with Crippen molar-refractivity contribution >= 4 is 5.97 Å². The maximum Gasteiger partial charge on any atom is 0.316 e. The lowest BCUT2D eigenvalue weighted by atomic mass is 9.74. The predicted molar refractivity (Wildman–Crippen MR) is 71.6 cm³/mol. The fraction of sp³-hybridized carbons (Fsp3) is 0.533. The van der Waals surface area contributed by atoms with Gasteiger partial charge >= 0.3 is 5.97 Å². The van der Waals surface area contributed by atoms with E-state index in [0.29, 0.717) is 25.0 Å². The van der Waals surface area contributed by atoms with E-state index in [9.17, 15) is 9.90 Å². The van der Waals surface area contributed by atoms with Crippen LogP contribution in [0.5, 0.6) is 5.75 Å². The third kappa shape index (κ3) is 2.66. The minimum atomic E-state index is -0.726. The molecule has 1 aromatic carbocycles. The van der Waals surface area contributed by atoms with E-state index in [1.54, 1.807) is 19.1 Å². The molecule has 1 rings (SSSR count). The number of phenols is 1. The molecule has 0 radical (unpaired) electrons. The van der Waals surface area contributed by atoms with Crippen LogP contribution >= 0.6 is 0 Å². The summed E-state index contributed by atoms with van der Waals surface area (Å²) in [5.41, 5.74) is -0.0522. The molecule has 100 valence electrons. The fourth-order valence-corrected chi connectivity index (χ4v) is 2.43. The molecular formula is C15H22O3. The van der Waals surface area contributed by atoms with Crippen LogP contribution in [0.3, 0.4) is 0 Å². The van der Waals surface area contributed by atoms with Gasteiger partial charge in [0.1, 0.15) is 5.75 Å². The number of carbonyl (C=O) groups excluding carboxylic acids is 1. The maximum absolute atomic E-state index is 12.3. The van der Waals surface area contributed by atoms with Crippen LogP contribution in [0.1, 0.15) is 45.6 Å². The van der Waals surface area contributed by atoms with Crippen molar-refractivity contribution in [2.24, 2.45) is 0 Å². The van der Waals surface area contributed by atoms with Crippen molar-refractivity contribution in [3.8, 4) is 5.75 Å². The van der Waals surface area contributed by atoms with Crippen molar-refractivity contribution in [3.63, 3.8) is 0 Å². The number of ether oxygens (including phenoxy) is 1. The fourth-order valence-electron chi connectivity index (χ4n) is 2.43. The Morgan fingerprint density at radius 2 is 1.94 bits per heavy atom. The van der Waals surface area contributed by atoms with Gasteiger partial charge in [-0.05, 0) is 25.8 Å². The molecule has 0 aliphatic carbocycles. The molecule has 1 N–H and O–H groups in total. The highest BCUT2D eigenvalue weighted by atomic mass is 16.5. The van der Waals surface area contributed by atoms with Crippen molar-refractivity contribution in [2.45, 2.75) is 45.4 Å². The molecule has 0 aromatic heterocycles. The monoisotopic (exact) mass is 250 g/mol. The van der Waals surface area contributed by atoms with E-state index < -0.39 is 5.41 Å². The Bertz CT molecular complexity index is 400. The molecule has 18 heavy (non-hydrogen) atoms. The molecule has 0 amide bonds. The first-order valence-corrected chi connectivity index (χ1v) is 6.58. The van der Waals surface area contributed by atoms with Crippen LogP contribution in [0, 0.1) is 0 Å². The zero-order valence-corrected chi connectivity index (χ0v) is 11.4. The van der Waals surface area contributed by atoms with E-state index in [4.69, 9.17) is 4.74 Å². The second-order valence-electron chi connectivity index (χ2n) is 4.42. The SMILES string of the molecule is CCCC(CC)(C(=O)OCC)c1ccccc1O. The largest absolute Gasteiger partial charge is 0.508 e. The molecule has 1 aromatic rings. The van der Waals surface area contributed by atoms with Crippen molar-refractivity contribution in [1.82, 2.24) is 0 Å². The number of benzene rings is 1. The van der Waals surface area contributed by atoms with Crippen LogP contribution in [0.25, 0.3) is 0 Å². The molecule has 1 atom stereocenters. The normalized spacial score (nSPS) is 13.9. The molecule has 0 aliphatic heterocycles. The average molecular weight is 250 g/mol. The van der Waals surface area contributed by atoms with Crippen LogP contribution in [0.4, 0.5) is 0 Å². The summed E-state index contributed by atoms with van der Waals surface area (Å²) in [5.74, 6) is -0.0725. The number of phenolic OH excluding ortho intramolecular Hbond substituents is 1. The van der Waals surface area contributed by atoms with Gasteiger partial charge in [0.25, 0.3) is 0 Å². The van der Waals surface area contributed by atoms with E-state index in [1.807, 2.05) is 26.0 Å². The number of hydrogen-bond donors (Lipinski definition) is 1. The van der Waals surface area contributed by atoms with Gasteiger partial charge in [0, 0.05) is 5.56 Å². The van der Waals surface area contributed by atoms with Gasteiger partial charge in [-0.1, -0.05) is 38.5 Å². The van der Waals surface area contributed by atoms with E-state index >= 15 is 0 Å². The van der Waals surface area contributed by atoms with Crippen molar-refractivity contribution in [1.29, 1.82) is 0 Å². The van der Waals surface area contributed by atoms with Gasteiger partial charge in [-0.3, -0.25) is 4.79 Å². The lowest BCUT2D eigenvalue weighted by molar-refractivity contribution is -0.150. The second kappa shape index (κ2) is 6.43. The minimum absolute atomic E-state index is 0.167. The first-order valence-electron chi connectivity index (χ1n) is 6.58. The molecule has 3 nitrogen and oxygen atoms in total. The Kier molecular flexibility index (Phi) is 5.20. The summed E-state index contributed by atoms with van der Waals surface area (Å²) in [4.78, 5) is 12.3. The van der Waals surface area contributed by atoms with Crippen molar-refractivity contribution in [2.75, 3.05) is 6.61 Å². The Hall–Kier alpha value is -1.51. The predicted octanol–water partition coefficient (Wildman–Crippen LogP) is 3.40. The molecule has 0 saturated carbocycles. The Morgan fingerprint density at radius 1 is 1.28 bits per heavy atom. The average Bonchev–Trinajstić information content (AvgIpc) is 2.37. The first-order chi connectivity index (χ1) is 8.62. The lowest BCUT2D eigenvalue weighted by Gasteiger charge is -2.31. The van der Waals surface area contributed by atoms with Crippen LogP contribution < -0.4 is 0 Å². The van der Waals surface area contributed by atoms with Gasteiger partial charge in [-0.25, -0.2) is 0 Å². The van der Waals surface area contributed by atoms with Gasteiger partial charge in [0.05, 0.1) is 12.0 Å². The molecule has 0 heterocycles. The lowest BCUT2D eigenvalue weighted by Crippen LogP contribution is -2.37. The molecule has 0 fully saturated rings. The molecule has 0 bridgehead atoms. The van der Waals surface area contributed by atoms with Gasteiger partial charge in [0.2, 0.25) is 0 Å². The molecule has 1 unspecified atom stereocenters. The van der Waals surface area contributed by atoms with Crippen molar-refractivity contribution in [3.05, 3.63) is 29.8 Å². The standard InChI is InChI=1S/C15H22O3/c1-4-11-15(5-2,14(17)18-6-3)12-9-7-8-10-13(12)16/h7-10,16H,4-6,11H2,1-3H3. The Balaban J connectivity index is 3.27. The number of carbonyl (C=O) groups is 1. The Labute approximate surface area is 109 Å². The highest BCUT2D eigenvalue weighted by Crippen LogP contribution is 2.39. The van der Waals surface area contributed by atoms with Gasteiger partial charge < -0.3 is 9.84 Å². The zero-order valence-electron chi connectivity index (χ0n) is 11.4. The van der Waals surface area contributed by atoms with E-state index in [2.05, 4.69) is 0 Å². The van der Waals surface area contributed by atoms with E-state index in [-0.39, 0.29) is 11.7 Å². The Morgan fingerprint density at radius 3 is 2.44 bits per heavy atom. The highest BCUT2D eigenvalue weighted by Gasteiger charge is 2.40. The molecule has 0 aliphatic rings. The summed E-state index contributed by atoms with van der Waals surface area (Å²) >= 11 is 0. The van der Waals surface area contributed by atoms with Crippen molar-refractivity contribution < 1.29 is 14.6 Å². The summed E-state index contributed by atoms with van der Waals surface area (Å²) in [7, 11) is 0.